The molecule has 2 aromatic carbocycles. The van der Waals surface area contributed by atoms with Crippen LogP contribution >= 0.6 is 0 Å². The third-order valence-corrected chi connectivity index (χ3v) is 3.66. The van der Waals surface area contributed by atoms with E-state index in [1.807, 2.05) is 36.4 Å². The maximum Gasteiger partial charge on any atom is 0.100 e. The van der Waals surface area contributed by atoms with Crippen LogP contribution in [-0.2, 0) is 22.7 Å². The van der Waals surface area contributed by atoms with E-state index in [9.17, 15) is 10.2 Å². The number of benzene rings is 2. The van der Waals surface area contributed by atoms with Crippen LogP contribution in [0, 0.1) is 0 Å². The van der Waals surface area contributed by atoms with Gasteiger partial charge < -0.3 is 29.9 Å². The smallest absolute Gasteiger partial charge is 0.100 e. The molecular formula is C18H24O6. The Morgan fingerprint density at radius 1 is 0.708 bits per heavy atom. The summed E-state index contributed by atoms with van der Waals surface area (Å²) in [6, 6.07) is 11.7. The largest absolute Gasteiger partial charge is 0.394 e. The number of hydrogen-bond acceptors (Lipinski definition) is 6. The molecule has 0 aliphatic rings. The summed E-state index contributed by atoms with van der Waals surface area (Å²) in [6.45, 7) is 0.181. The Bertz CT molecular complexity index is 575. The molecule has 0 aliphatic carbocycles. The molecule has 0 saturated heterocycles. The molecule has 2 unspecified atom stereocenters. The van der Waals surface area contributed by atoms with Gasteiger partial charge in [-0.15, -0.1) is 0 Å². The fraction of sp³-hybridized carbons (Fsp3) is 0.444. The fourth-order valence-corrected chi connectivity index (χ4v) is 2.39. The van der Waals surface area contributed by atoms with Crippen LogP contribution in [0.3, 0.4) is 0 Å². The van der Waals surface area contributed by atoms with Crippen LogP contribution in [0.5, 0.6) is 0 Å². The monoisotopic (exact) mass is 336 g/mol. The lowest BCUT2D eigenvalue weighted by molar-refractivity contribution is -0.000223. The third-order valence-electron chi connectivity index (χ3n) is 3.66. The molecule has 0 radical (unpaired) electrons. The van der Waals surface area contributed by atoms with Crippen LogP contribution < -0.4 is 0 Å². The maximum absolute atomic E-state index is 9.33. The van der Waals surface area contributed by atoms with Crippen molar-refractivity contribution in [2.24, 2.45) is 0 Å². The Labute approximate surface area is 140 Å². The third kappa shape index (κ3) is 5.24. The lowest BCUT2D eigenvalue weighted by Gasteiger charge is -2.14. The molecule has 6 heteroatoms. The molecule has 24 heavy (non-hydrogen) atoms. The number of aliphatic hydroxyl groups is 4. The molecule has 4 N–H and O–H groups in total. The van der Waals surface area contributed by atoms with E-state index in [0.29, 0.717) is 13.2 Å². The Morgan fingerprint density at radius 3 is 1.50 bits per heavy atom. The van der Waals surface area contributed by atoms with Crippen LogP contribution in [0.25, 0.3) is 10.8 Å². The van der Waals surface area contributed by atoms with E-state index in [1.54, 1.807) is 0 Å². The van der Waals surface area contributed by atoms with Gasteiger partial charge in [-0.3, -0.25) is 0 Å². The number of aliphatic hydroxyl groups excluding tert-OH is 4. The summed E-state index contributed by atoms with van der Waals surface area (Å²) in [5, 5.41) is 38.3. The van der Waals surface area contributed by atoms with E-state index in [1.165, 1.54) is 0 Å². The zero-order valence-electron chi connectivity index (χ0n) is 13.5. The standard InChI is InChI=1S/C18H24O6/c19-7-15(21)11-23-9-13-5-6-14(10-24-12-16(22)8-20)18-4-2-1-3-17(13)18/h1-6,15-16,19-22H,7-12H2. The van der Waals surface area contributed by atoms with Crippen molar-refractivity contribution in [3.8, 4) is 0 Å². The van der Waals surface area contributed by atoms with Gasteiger partial charge in [0.25, 0.3) is 0 Å². The van der Waals surface area contributed by atoms with Gasteiger partial charge in [-0.1, -0.05) is 36.4 Å². The highest BCUT2D eigenvalue weighted by Crippen LogP contribution is 2.24. The van der Waals surface area contributed by atoms with Gasteiger partial charge in [0.1, 0.15) is 12.2 Å². The van der Waals surface area contributed by atoms with Crippen LogP contribution in [0.2, 0.25) is 0 Å². The second-order valence-corrected chi connectivity index (χ2v) is 5.63. The van der Waals surface area contributed by atoms with E-state index in [2.05, 4.69) is 0 Å². The first-order valence-electron chi connectivity index (χ1n) is 7.88. The summed E-state index contributed by atoms with van der Waals surface area (Å²) >= 11 is 0. The molecule has 0 heterocycles. The van der Waals surface area contributed by atoms with Gasteiger partial charge in [0.2, 0.25) is 0 Å². The highest BCUT2D eigenvalue weighted by atomic mass is 16.5. The quantitative estimate of drug-likeness (QED) is 0.506. The van der Waals surface area contributed by atoms with Crippen molar-refractivity contribution in [3.63, 3.8) is 0 Å². The molecule has 0 fully saturated rings. The molecule has 0 saturated carbocycles. The lowest BCUT2D eigenvalue weighted by Crippen LogP contribution is -2.19. The number of rotatable bonds is 10. The highest BCUT2D eigenvalue weighted by molar-refractivity contribution is 5.88. The Morgan fingerprint density at radius 2 is 1.12 bits per heavy atom. The first kappa shape index (κ1) is 18.8. The first-order chi connectivity index (χ1) is 11.7. The first-order valence-corrected chi connectivity index (χ1v) is 7.88. The van der Waals surface area contributed by atoms with Crippen molar-refractivity contribution in [1.82, 2.24) is 0 Å². The summed E-state index contributed by atoms with van der Waals surface area (Å²) < 4.78 is 10.9. The average molecular weight is 336 g/mol. The summed E-state index contributed by atoms with van der Waals surface area (Å²) in [6.07, 6.45) is -1.75. The van der Waals surface area contributed by atoms with E-state index < -0.39 is 12.2 Å². The second kappa shape index (κ2) is 9.68. The van der Waals surface area contributed by atoms with Gasteiger partial charge in [0.05, 0.1) is 39.6 Å². The molecule has 132 valence electrons. The lowest BCUT2D eigenvalue weighted by atomic mass is 10.0. The van der Waals surface area contributed by atoms with Gasteiger partial charge >= 0.3 is 0 Å². The van der Waals surface area contributed by atoms with Gasteiger partial charge in [-0.25, -0.2) is 0 Å². The van der Waals surface area contributed by atoms with Crippen molar-refractivity contribution in [2.75, 3.05) is 26.4 Å². The molecule has 0 bridgehead atoms. The summed E-state index contributed by atoms with van der Waals surface area (Å²) in [5.74, 6) is 0. The number of hydrogen-bond donors (Lipinski definition) is 4. The number of ether oxygens (including phenoxy) is 2. The highest BCUT2D eigenvalue weighted by Gasteiger charge is 2.09. The van der Waals surface area contributed by atoms with Gasteiger partial charge in [0, 0.05) is 0 Å². The topological polar surface area (TPSA) is 99.4 Å². The molecule has 0 aliphatic heterocycles. The van der Waals surface area contributed by atoms with Gasteiger partial charge in [-0.2, -0.15) is 0 Å². The van der Waals surface area contributed by atoms with Crippen LogP contribution in [0.1, 0.15) is 11.1 Å². The minimum atomic E-state index is -0.873. The van der Waals surface area contributed by atoms with Gasteiger partial charge in [0.15, 0.2) is 0 Å². The van der Waals surface area contributed by atoms with Crippen LogP contribution in [0.4, 0.5) is 0 Å². The van der Waals surface area contributed by atoms with Gasteiger partial charge in [-0.05, 0) is 21.9 Å². The minimum absolute atomic E-state index is 0.0781. The zero-order valence-corrected chi connectivity index (χ0v) is 13.5. The Hall–Kier alpha value is -1.54. The van der Waals surface area contributed by atoms with E-state index in [4.69, 9.17) is 19.7 Å². The molecule has 0 spiro atoms. The van der Waals surface area contributed by atoms with Crippen molar-refractivity contribution in [2.45, 2.75) is 25.4 Å². The number of fused-ring (bicyclic) bond motifs is 1. The summed E-state index contributed by atoms with van der Waals surface area (Å²) in [5.41, 5.74) is 1.96. The van der Waals surface area contributed by atoms with Crippen molar-refractivity contribution in [3.05, 3.63) is 47.5 Å². The van der Waals surface area contributed by atoms with Crippen molar-refractivity contribution < 1.29 is 29.9 Å². The van der Waals surface area contributed by atoms with Crippen molar-refractivity contribution >= 4 is 10.8 Å². The fourth-order valence-electron chi connectivity index (χ4n) is 2.39. The normalized spacial score (nSPS) is 14.0. The predicted molar refractivity (Wildman–Crippen MR) is 89.4 cm³/mol. The predicted octanol–water partition coefficient (Wildman–Crippen LogP) is 0.579. The van der Waals surface area contributed by atoms with E-state index in [0.717, 1.165) is 21.9 Å². The molecule has 0 aromatic heterocycles. The van der Waals surface area contributed by atoms with E-state index in [-0.39, 0.29) is 26.4 Å². The summed E-state index contributed by atoms with van der Waals surface area (Å²) in [4.78, 5) is 0. The Kier molecular flexibility index (Phi) is 7.58. The summed E-state index contributed by atoms with van der Waals surface area (Å²) in [7, 11) is 0. The molecular weight excluding hydrogens is 312 g/mol. The molecule has 2 rings (SSSR count). The zero-order chi connectivity index (χ0) is 17.4. The van der Waals surface area contributed by atoms with Crippen molar-refractivity contribution in [1.29, 1.82) is 0 Å². The molecule has 2 aromatic rings. The molecule has 0 amide bonds. The molecule has 2 atom stereocenters. The SMILES string of the molecule is OCC(O)COCc1ccc(COCC(O)CO)c2ccccc12. The Balaban J connectivity index is 2.08. The van der Waals surface area contributed by atoms with Crippen LogP contribution in [0.15, 0.2) is 36.4 Å². The maximum atomic E-state index is 9.33. The average Bonchev–Trinajstić information content (AvgIpc) is 2.62. The molecule has 6 nitrogen and oxygen atoms in total. The minimum Gasteiger partial charge on any atom is -0.394 e. The van der Waals surface area contributed by atoms with Crippen LogP contribution in [-0.4, -0.2) is 59.1 Å². The second-order valence-electron chi connectivity index (χ2n) is 5.63. The van der Waals surface area contributed by atoms with E-state index >= 15 is 0 Å².